The molecule has 0 aliphatic rings. The molecule has 0 N–H and O–H groups in total. The lowest BCUT2D eigenvalue weighted by Gasteiger charge is -2.26. The van der Waals surface area contributed by atoms with Crippen LogP contribution in [0.2, 0.25) is 0 Å². The number of nitrogens with zero attached hydrogens (tertiary/aromatic N) is 3. The second-order valence-corrected chi connectivity index (χ2v) is 14.1. The number of benzene rings is 8. The molecule has 9 aromatic carbocycles. The number of fused-ring (bicyclic) bond motifs is 8. The van der Waals surface area contributed by atoms with E-state index in [4.69, 9.17) is 14.4 Å². The van der Waals surface area contributed by atoms with Crippen LogP contribution in [0.15, 0.2) is 193 Å². The highest BCUT2D eigenvalue weighted by Gasteiger charge is 2.17. The van der Waals surface area contributed by atoms with Gasteiger partial charge < -0.3 is 9.32 Å². The van der Waals surface area contributed by atoms with E-state index in [1.54, 1.807) is 0 Å². The quantitative estimate of drug-likeness (QED) is 0.161. The van der Waals surface area contributed by atoms with Crippen molar-refractivity contribution < 1.29 is 4.42 Å². The predicted octanol–water partition coefficient (Wildman–Crippen LogP) is 13.9. The Morgan fingerprint density at radius 1 is 0.482 bits per heavy atom. The van der Waals surface area contributed by atoms with Crippen molar-refractivity contribution in [2.75, 3.05) is 4.90 Å². The molecule has 0 saturated carbocycles. The maximum absolute atomic E-state index is 6.49. The van der Waals surface area contributed by atoms with Gasteiger partial charge in [-0.2, -0.15) is 0 Å². The zero-order valence-electron chi connectivity index (χ0n) is 30.1. The summed E-state index contributed by atoms with van der Waals surface area (Å²) in [4.78, 5) is 12.2. The van der Waals surface area contributed by atoms with Crippen LogP contribution in [0, 0.1) is 12.1 Å². The predicted molar refractivity (Wildman–Crippen MR) is 230 cm³/mol. The summed E-state index contributed by atoms with van der Waals surface area (Å²) in [6, 6.07) is 69.9. The Morgan fingerprint density at radius 3 is 2.00 bits per heavy atom. The average molecular weight is 714 g/mol. The Hall–Kier alpha value is -7.74. The first-order valence-electron chi connectivity index (χ1n) is 18.7. The summed E-state index contributed by atoms with van der Waals surface area (Å²) < 4.78 is 6.49. The molecule has 4 nitrogen and oxygen atoms in total. The summed E-state index contributed by atoms with van der Waals surface area (Å²) in [5.74, 6) is 0.620. The van der Waals surface area contributed by atoms with Crippen molar-refractivity contribution in [3.63, 3.8) is 0 Å². The van der Waals surface area contributed by atoms with Crippen molar-refractivity contribution in [1.82, 2.24) is 9.97 Å². The zero-order valence-corrected chi connectivity index (χ0v) is 30.1. The molecule has 0 amide bonds. The molecule has 0 radical (unpaired) electrons. The fraction of sp³-hybridized carbons (Fsp3) is 0. The molecular formula is C52H31N3O. The lowest BCUT2D eigenvalue weighted by atomic mass is 9.98. The second-order valence-electron chi connectivity index (χ2n) is 14.1. The first-order valence-corrected chi connectivity index (χ1v) is 18.7. The first kappa shape index (κ1) is 31.8. The van der Waals surface area contributed by atoms with E-state index in [1.807, 2.05) is 54.7 Å². The van der Waals surface area contributed by atoms with Crippen LogP contribution in [0.4, 0.5) is 17.1 Å². The number of hydrogen-bond donors (Lipinski definition) is 0. The molecule has 56 heavy (non-hydrogen) atoms. The second kappa shape index (κ2) is 13.0. The molecule has 11 aromatic rings. The van der Waals surface area contributed by atoms with Gasteiger partial charge in [0.1, 0.15) is 5.52 Å². The topological polar surface area (TPSA) is 42.2 Å². The highest BCUT2D eigenvalue weighted by atomic mass is 16.3. The first-order chi connectivity index (χ1) is 27.7. The molecule has 0 bridgehead atoms. The SMILES string of the molecule is c1ccc2c(c#1)ccc1cc(N(c3ccc(-c4ccccc4)cc3)c3ccc(-c4ccc5ccc6ccc7nc(-c8ccccc8)oc7c6c5c4)nc3)ccc12. The summed E-state index contributed by atoms with van der Waals surface area (Å²) in [6.45, 7) is 0. The van der Waals surface area contributed by atoms with Crippen molar-refractivity contribution in [3.8, 4) is 33.8 Å². The molecule has 0 aliphatic carbocycles. The van der Waals surface area contributed by atoms with Crippen molar-refractivity contribution in [2.45, 2.75) is 0 Å². The number of oxazole rings is 1. The number of hydrogen-bond acceptors (Lipinski definition) is 4. The zero-order chi connectivity index (χ0) is 37.0. The van der Waals surface area contributed by atoms with Gasteiger partial charge in [0.05, 0.1) is 17.6 Å². The van der Waals surface area contributed by atoms with Crippen molar-refractivity contribution in [2.24, 2.45) is 0 Å². The third-order valence-corrected chi connectivity index (χ3v) is 10.8. The Bertz CT molecular complexity index is 3230. The van der Waals surface area contributed by atoms with Gasteiger partial charge in [-0.25, -0.2) is 4.98 Å². The number of rotatable bonds is 6. The van der Waals surface area contributed by atoms with Crippen LogP contribution in [0.25, 0.3) is 88.0 Å². The third kappa shape index (κ3) is 5.42. The van der Waals surface area contributed by atoms with Gasteiger partial charge in [-0.1, -0.05) is 115 Å². The highest BCUT2D eigenvalue weighted by Crippen LogP contribution is 2.40. The normalized spacial score (nSPS) is 11.4. The minimum Gasteiger partial charge on any atom is -0.435 e. The Morgan fingerprint density at radius 2 is 1.18 bits per heavy atom. The van der Waals surface area contributed by atoms with E-state index in [2.05, 4.69) is 150 Å². The van der Waals surface area contributed by atoms with Crippen LogP contribution >= 0.6 is 0 Å². The van der Waals surface area contributed by atoms with Crippen molar-refractivity contribution >= 4 is 71.3 Å². The van der Waals surface area contributed by atoms with Crippen LogP contribution in [0.3, 0.4) is 0 Å². The fourth-order valence-electron chi connectivity index (χ4n) is 7.97. The minimum absolute atomic E-state index is 0.620. The van der Waals surface area contributed by atoms with Gasteiger partial charge in [0.15, 0.2) is 5.58 Å². The Labute approximate surface area is 323 Å². The standard InChI is InChI=1S/C52H31N3O/c1-3-9-34(10-4-1)35-21-24-42(25-22-35)55(43-26-28-46-40(31-43)19-16-36-11-7-8-14-45(36)46)44-27-30-48(53-33-44)41-20-17-37-15-18-38-23-29-49-51(50(38)47(37)32-41)56-52(54-49)39-12-5-2-6-13-39/h1-6,8-10,12-33H. The Balaban J connectivity index is 1.01. The van der Waals surface area contributed by atoms with E-state index in [0.29, 0.717) is 5.89 Å². The average Bonchev–Trinajstić information content (AvgIpc) is 3.72. The van der Waals surface area contributed by atoms with Crippen LogP contribution in [0.1, 0.15) is 0 Å². The van der Waals surface area contributed by atoms with Gasteiger partial charge in [0, 0.05) is 33.3 Å². The van der Waals surface area contributed by atoms with Crippen LogP contribution in [0.5, 0.6) is 0 Å². The summed E-state index contributed by atoms with van der Waals surface area (Å²) in [5.41, 5.74) is 9.93. The molecule has 0 spiro atoms. The van der Waals surface area contributed by atoms with Gasteiger partial charge in [-0.05, 0) is 122 Å². The molecule has 2 heterocycles. The van der Waals surface area contributed by atoms with Crippen LogP contribution in [-0.2, 0) is 0 Å². The maximum atomic E-state index is 6.49. The van der Waals surface area contributed by atoms with E-state index in [0.717, 1.165) is 77.3 Å². The molecule has 4 heteroatoms. The molecule has 260 valence electrons. The van der Waals surface area contributed by atoms with Crippen molar-refractivity contribution in [3.05, 3.63) is 200 Å². The van der Waals surface area contributed by atoms with Gasteiger partial charge in [0.25, 0.3) is 0 Å². The molecule has 0 unspecified atom stereocenters. The van der Waals surface area contributed by atoms with Gasteiger partial charge in [-0.15, -0.1) is 0 Å². The van der Waals surface area contributed by atoms with Crippen LogP contribution < -0.4 is 4.90 Å². The largest absolute Gasteiger partial charge is 0.435 e. The summed E-state index contributed by atoms with van der Waals surface area (Å²) in [5, 5.41) is 8.97. The number of aromatic nitrogens is 2. The third-order valence-electron chi connectivity index (χ3n) is 10.8. The summed E-state index contributed by atoms with van der Waals surface area (Å²) >= 11 is 0. The van der Waals surface area contributed by atoms with Crippen molar-refractivity contribution in [1.29, 1.82) is 0 Å². The maximum Gasteiger partial charge on any atom is 0.227 e. The molecule has 0 fully saturated rings. The summed E-state index contributed by atoms with van der Waals surface area (Å²) in [7, 11) is 0. The molecule has 0 saturated heterocycles. The van der Waals surface area contributed by atoms with E-state index in [1.165, 1.54) is 21.9 Å². The van der Waals surface area contributed by atoms with Gasteiger partial charge in [-0.3, -0.25) is 4.98 Å². The van der Waals surface area contributed by atoms with Gasteiger partial charge >= 0.3 is 0 Å². The fourth-order valence-corrected chi connectivity index (χ4v) is 7.97. The lowest BCUT2D eigenvalue weighted by molar-refractivity contribution is 0.623. The monoisotopic (exact) mass is 713 g/mol. The molecule has 11 rings (SSSR count). The minimum atomic E-state index is 0.620. The van der Waals surface area contributed by atoms with Crippen LogP contribution in [-0.4, -0.2) is 9.97 Å². The van der Waals surface area contributed by atoms with E-state index >= 15 is 0 Å². The van der Waals surface area contributed by atoms with E-state index in [-0.39, 0.29) is 0 Å². The van der Waals surface area contributed by atoms with E-state index in [9.17, 15) is 0 Å². The smallest absolute Gasteiger partial charge is 0.227 e. The lowest BCUT2D eigenvalue weighted by Crippen LogP contribution is -2.10. The molecular weight excluding hydrogens is 683 g/mol. The highest BCUT2D eigenvalue weighted by molar-refractivity contribution is 6.18. The Kier molecular flexibility index (Phi) is 7.36. The molecule has 0 atom stereocenters. The number of pyridine rings is 1. The number of anilines is 3. The van der Waals surface area contributed by atoms with E-state index < -0.39 is 0 Å². The molecule has 0 aliphatic heterocycles. The molecule has 2 aromatic heterocycles. The summed E-state index contributed by atoms with van der Waals surface area (Å²) in [6.07, 6.45) is 1.98. The van der Waals surface area contributed by atoms with Gasteiger partial charge in [0.2, 0.25) is 5.89 Å².